The second-order valence-corrected chi connectivity index (χ2v) is 11.8. The molecule has 3 aliphatic heterocycles. The lowest BCUT2D eigenvalue weighted by atomic mass is 9.55. The zero-order chi connectivity index (χ0) is 26.1. The first-order valence-electron chi connectivity index (χ1n) is 12.7. The summed E-state index contributed by atoms with van der Waals surface area (Å²) in [6.45, 7) is 13.7. The van der Waals surface area contributed by atoms with Gasteiger partial charge in [-0.05, 0) is 32.6 Å². The molecule has 1 saturated carbocycles. The van der Waals surface area contributed by atoms with Crippen LogP contribution in [0, 0.1) is 29.6 Å². The van der Waals surface area contributed by atoms with Gasteiger partial charge in [-0.25, -0.2) is 0 Å². The van der Waals surface area contributed by atoms with E-state index >= 15 is 0 Å². The highest BCUT2D eigenvalue weighted by molar-refractivity contribution is 5.69. The molecule has 0 aromatic rings. The van der Waals surface area contributed by atoms with Crippen LogP contribution in [0.4, 0.5) is 0 Å². The van der Waals surface area contributed by atoms with Gasteiger partial charge in [0.2, 0.25) is 0 Å². The number of rotatable bonds is 4. The van der Waals surface area contributed by atoms with Gasteiger partial charge in [0.25, 0.3) is 0 Å². The van der Waals surface area contributed by atoms with Crippen LogP contribution in [0.5, 0.6) is 0 Å². The molecule has 4 aliphatic rings. The fourth-order valence-electron chi connectivity index (χ4n) is 7.65. The van der Waals surface area contributed by atoms with E-state index in [1.807, 2.05) is 27.7 Å². The molecular weight excluding hydrogens is 456 g/mol. The SMILES string of the molecule is CC(=O)O[C@@H]1[C@@H](C(C)C)[C@H]2[C@H]([C@@H]3C[C@H](C)[C@]4(O)CC[C@@](C)(O4)[C@H]2O3)[C@@](C)(OC(C)=O)[C@@H]1OC(C)=O. The van der Waals surface area contributed by atoms with Crippen molar-refractivity contribution in [3.63, 3.8) is 0 Å². The van der Waals surface area contributed by atoms with Crippen molar-refractivity contribution in [2.75, 3.05) is 0 Å². The number of hydrogen-bond acceptors (Lipinski definition) is 9. The molecule has 0 amide bonds. The first-order valence-corrected chi connectivity index (χ1v) is 12.7. The molecule has 9 heteroatoms. The first-order chi connectivity index (χ1) is 16.1. The molecule has 0 unspecified atom stereocenters. The molecule has 0 spiro atoms. The summed E-state index contributed by atoms with van der Waals surface area (Å²) >= 11 is 0. The van der Waals surface area contributed by atoms with Crippen LogP contribution in [0.1, 0.15) is 74.7 Å². The minimum absolute atomic E-state index is 0.0127. The van der Waals surface area contributed by atoms with Crippen LogP contribution in [-0.2, 0) is 38.1 Å². The van der Waals surface area contributed by atoms with E-state index in [1.165, 1.54) is 20.8 Å². The lowest BCUT2D eigenvalue weighted by molar-refractivity contribution is -0.285. The lowest BCUT2D eigenvalue weighted by Gasteiger charge is -2.55. The fourth-order valence-corrected chi connectivity index (χ4v) is 7.65. The Hall–Kier alpha value is -1.71. The maximum absolute atomic E-state index is 12.4. The van der Waals surface area contributed by atoms with Crippen LogP contribution >= 0.6 is 0 Å². The lowest BCUT2D eigenvalue weighted by Crippen LogP contribution is -2.69. The Morgan fingerprint density at radius 1 is 1.00 bits per heavy atom. The van der Waals surface area contributed by atoms with Crippen LogP contribution < -0.4 is 0 Å². The molecular formula is C26H40O9. The Morgan fingerprint density at radius 3 is 2.17 bits per heavy atom. The number of esters is 3. The Kier molecular flexibility index (Phi) is 6.55. The minimum Gasteiger partial charge on any atom is -0.458 e. The van der Waals surface area contributed by atoms with Gasteiger partial charge in [-0.2, -0.15) is 0 Å². The van der Waals surface area contributed by atoms with Gasteiger partial charge in [0, 0.05) is 50.9 Å². The third-order valence-corrected chi connectivity index (χ3v) is 8.91. The maximum Gasteiger partial charge on any atom is 0.303 e. The van der Waals surface area contributed by atoms with Gasteiger partial charge in [-0.15, -0.1) is 0 Å². The van der Waals surface area contributed by atoms with E-state index in [9.17, 15) is 19.5 Å². The van der Waals surface area contributed by atoms with E-state index in [1.54, 1.807) is 6.92 Å². The Bertz CT molecular complexity index is 888. The molecule has 3 heterocycles. The number of hydrogen-bond donors (Lipinski definition) is 1. The fraction of sp³-hybridized carbons (Fsp3) is 0.885. The van der Waals surface area contributed by atoms with Crippen molar-refractivity contribution in [1.82, 2.24) is 0 Å². The van der Waals surface area contributed by atoms with Gasteiger partial charge in [-0.3, -0.25) is 14.4 Å². The molecule has 4 bridgehead atoms. The summed E-state index contributed by atoms with van der Waals surface area (Å²) < 4.78 is 30.9. The summed E-state index contributed by atoms with van der Waals surface area (Å²) in [6.07, 6.45) is -1.09. The second-order valence-electron chi connectivity index (χ2n) is 11.8. The van der Waals surface area contributed by atoms with Gasteiger partial charge in [-0.1, -0.05) is 20.8 Å². The van der Waals surface area contributed by atoms with Gasteiger partial charge < -0.3 is 28.8 Å². The van der Waals surface area contributed by atoms with E-state index in [2.05, 4.69) is 0 Å². The largest absolute Gasteiger partial charge is 0.458 e. The number of ether oxygens (including phenoxy) is 5. The van der Waals surface area contributed by atoms with Crippen molar-refractivity contribution in [2.24, 2.45) is 29.6 Å². The number of carbonyl (C=O) groups excluding carboxylic acids is 3. The summed E-state index contributed by atoms with van der Waals surface area (Å²) in [7, 11) is 0. The topological polar surface area (TPSA) is 118 Å². The maximum atomic E-state index is 12.4. The minimum atomic E-state index is -1.32. The van der Waals surface area contributed by atoms with Gasteiger partial charge in [0.1, 0.15) is 6.10 Å². The Balaban J connectivity index is 1.93. The molecule has 1 N–H and O–H groups in total. The van der Waals surface area contributed by atoms with Crippen molar-refractivity contribution in [3.8, 4) is 0 Å². The van der Waals surface area contributed by atoms with Gasteiger partial charge in [0.05, 0.1) is 17.8 Å². The summed E-state index contributed by atoms with van der Waals surface area (Å²) in [4.78, 5) is 37.0. The predicted molar refractivity (Wildman–Crippen MR) is 123 cm³/mol. The number of fused-ring (bicyclic) bond motifs is 8. The molecule has 0 radical (unpaired) electrons. The highest BCUT2D eigenvalue weighted by Gasteiger charge is 2.73. The molecule has 0 aromatic carbocycles. The quantitative estimate of drug-likeness (QED) is 0.463. The molecule has 0 aromatic heterocycles. The standard InChI is InChI=1S/C26H40O9/c1-12(2)18-19-20(17-11-13(3)26(30)10-9-24(7,35-26)22(19)33-17)25(8,34-16(6)29)23(32-15(5)28)21(18)31-14(4)27/h12-13,17-23,30H,9-11H2,1-8H3/t13-,17-,18-,19-,20-,21+,22-,23+,24+,25+,26-/m0/s1. The normalized spacial score (nSPS) is 48.5. The average Bonchev–Trinajstić information content (AvgIpc) is 3.24. The molecule has 4 fully saturated rings. The molecule has 198 valence electrons. The number of carbonyl (C=O) groups is 3. The average molecular weight is 497 g/mol. The summed E-state index contributed by atoms with van der Waals surface area (Å²) in [5.41, 5.74) is -2.10. The Labute approximate surface area is 207 Å². The predicted octanol–water partition coefficient (Wildman–Crippen LogP) is 2.75. The van der Waals surface area contributed by atoms with Crippen LogP contribution in [-0.4, -0.2) is 64.4 Å². The van der Waals surface area contributed by atoms with Crippen molar-refractivity contribution < 1.29 is 43.2 Å². The third-order valence-electron chi connectivity index (χ3n) is 8.91. The van der Waals surface area contributed by atoms with Crippen molar-refractivity contribution in [3.05, 3.63) is 0 Å². The zero-order valence-electron chi connectivity index (χ0n) is 22.0. The second kappa shape index (κ2) is 8.70. The van der Waals surface area contributed by atoms with Crippen molar-refractivity contribution in [1.29, 1.82) is 0 Å². The summed E-state index contributed by atoms with van der Waals surface area (Å²) in [6, 6.07) is 0. The molecule has 35 heavy (non-hydrogen) atoms. The highest BCUT2D eigenvalue weighted by Crippen LogP contribution is 2.62. The Morgan fingerprint density at radius 2 is 1.63 bits per heavy atom. The van der Waals surface area contributed by atoms with Crippen LogP contribution in [0.3, 0.4) is 0 Å². The number of aliphatic hydroxyl groups is 1. The molecule has 9 nitrogen and oxygen atoms in total. The van der Waals surface area contributed by atoms with Gasteiger partial charge in [0.15, 0.2) is 17.5 Å². The van der Waals surface area contributed by atoms with Crippen LogP contribution in [0.2, 0.25) is 0 Å². The van der Waals surface area contributed by atoms with Crippen molar-refractivity contribution >= 4 is 17.9 Å². The highest BCUT2D eigenvalue weighted by atomic mass is 16.7. The summed E-state index contributed by atoms with van der Waals surface area (Å²) in [5, 5.41) is 11.3. The van der Waals surface area contributed by atoms with Crippen LogP contribution in [0.15, 0.2) is 0 Å². The van der Waals surface area contributed by atoms with E-state index in [0.29, 0.717) is 19.3 Å². The molecule has 1 aliphatic carbocycles. The first kappa shape index (κ1) is 26.4. The summed E-state index contributed by atoms with van der Waals surface area (Å²) in [5.74, 6) is -3.95. The monoisotopic (exact) mass is 496 g/mol. The van der Waals surface area contributed by atoms with E-state index in [0.717, 1.165) is 0 Å². The van der Waals surface area contributed by atoms with E-state index in [-0.39, 0.29) is 35.7 Å². The van der Waals surface area contributed by atoms with E-state index in [4.69, 9.17) is 23.7 Å². The van der Waals surface area contributed by atoms with Crippen LogP contribution in [0.25, 0.3) is 0 Å². The molecule has 4 rings (SSSR count). The molecule has 3 saturated heterocycles. The van der Waals surface area contributed by atoms with Crippen molar-refractivity contribution in [2.45, 2.75) is 116 Å². The third kappa shape index (κ3) is 4.17. The smallest absolute Gasteiger partial charge is 0.303 e. The van der Waals surface area contributed by atoms with Gasteiger partial charge >= 0.3 is 17.9 Å². The molecule has 11 atom stereocenters. The zero-order valence-corrected chi connectivity index (χ0v) is 22.0. The van der Waals surface area contributed by atoms with E-state index < -0.39 is 53.2 Å².